The lowest BCUT2D eigenvalue weighted by Crippen LogP contribution is -2.25. The molecule has 0 aromatic rings. The first kappa shape index (κ1) is 13.7. The summed E-state index contributed by atoms with van der Waals surface area (Å²) in [6.45, 7) is 12.2. The summed E-state index contributed by atoms with van der Waals surface area (Å²) in [5, 5.41) is 0. The summed E-state index contributed by atoms with van der Waals surface area (Å²) in [4.78, 5) is 0. The van der Waals surface area contributed by atoms with E-state index in [1.54, 1.807) is 0 Å². The molecule has 0 radical (unpaired) electrons. The van der Waals surface area contributed by atoms with Gasteiger partial charge in [-0.1, -0.05) is 0 Å². The van der Waals surface area contributed by atoms with E-state index in [-0.39, 0.29) is 9.03 Å². The molecule has 4 nitrogen and oxygen atoms in total. The molecule has 0 atom stereocenters. The molecular formula is C6H19O4PSi2. The number of hydrogen-bond acceptors (Lipinski definition) is 4. The fraction of sp³-hybridized carbons (Fsp3) is 1.00. The lowest BCUT2D eigenvalue weighted by molar-refractivity contribution is -0.159. The van der Waals surface area contributed by atoms with E-state index >= 15 is 0 Å². The third-order valence-corrected chi connectivity index (χ3v) is 2.45. The Hall–Kier alpha value is 0.704. The van der Waals surface area contributed by atoms with Crippen molar-refractivity contribution < 1.29 is 18.5 Å². The average molecular weight is 242 g/mol. The van der Waals surface area contributed by atoms with Gasteiger partial charge in [0, 0.05) is 0 Å². The van der Waals surface area contributed by atoms with Crippen molar-refractivity contribution in [3.05, 3.63) is 0 Å². The van der Waals surface area contributed by atoms with Gasteiger partial charge in [-0.3, -0.25) is 9.15 Å². The molecule has 0 unspecified atom stereocenters. The average Bonchev–Trinajstić information content (AvgIpc) is 1.81. The van der Waals surface area contributed by atoms with Crippen LogP contribution in [0.25, 0.3) is 0 Å². The maximum Gasteiger partial charge on any atom is 0.230 e. The van der Waals surface area contributed by atoms with Gasteiger partial charge in [-0.05, 0) is 39.3 Å². The van der Waals surface area contributed by atoms with Crippen LogP contribution in [0, 0.1) is 0 Å². The van der Waals surface area contributed by atoms with Crippen LogP contribution in [0.15, 0.2) is 0 Å². The summed E-state index contributed by atoms with van der Waals surface area (Å²) >= 11 is 0. The standard InChI is InChI=1S/C6H19O4PSi2/c1-12(2,3)9-7-11-8-10-13(4,5)6/h11H,1-6H3. The molecule has 0 aromatic heterocycles. The third kappa shape index (κ3) is 12.7. The molecule has 0 heterocycles. The van der Waals surface area contributed by atoms with Crippen molar-refractivity contribution in [3.8, 4) is 0 Å². The van der Waals surface area contributed by atoms with Gasteiger partial charge in [-0.15, -0.1) is 0 Å². The minimum absolute atomic E-state index is 0.196. The van der Waals surface area contributed by atoms with E-state index < -0.39 is 16.6 Å². The smallest absolute Gasteiger partial charge is 0.230 e. The second kappa shape index (κ2) is 5.55. The highest BCUT2D eigenvalue weighted by Crippen LogP contribution is 2.20. The Morgan fingerprint density at radius 2 is 1.00 bits per heavy atom. The zero-order valence-electron chi connectivity index (χ0n) is 9.13. The fourth-order valence-electron chi connectivity index (χ4n) is 0.298. The highest BCUT2D eigenvalue weighted by molar-refractivity contribution is 7.26. The molecular weight excluding hydrogens is 223 g/mol. The predicted molar refractivity (Wildman–Crippen MR) is 59.3 cm³/mol. The molecule has 0 aliphatic heterocycles. The maximum atomic E-state index is 5.11. The van der Waals surface area contributed by atoms with Gasteiger partial charge in [-0.25, -0.2) is 0 Å². The van der Waals surface area contributed by atoms with Crippen LogP contribution >= 0.6 is 9.03 Å². The molecule has 13 heavy (non-hydrogen) atoms. The van der Waals surface area contributed by atoms with Crippen LogP contribution in [-0.2, 0) is 18.5 Å². The molecule has 80 valence electrons. The molecule has 0 aliphatic carbocycles. The summed E-state index contributed by atoms with van der Waals surface area (Å²) in [6.07, 6.45) is 0. The molecule has 0 spiro atoms. The third-order valence-electron chi connectivity index (χ3n) is 0.651. The van der Waals surface area contributed by atoms with Crippen molar-refractivity contribution in [2.24, 2.45) is 0 Å². The Morgan fingerprint density at radius 1 is 0.692 bits per heavy atom. The quantitative estimate of drug-likeness (QED) is 0.236. The normalized spacial score (nSPS) is 13.4. The van der Waals surface area contributed by atoms with Crippen molar-refractivity contribution in [1.82, 2.24) is 0 Å². The second-order valence-electron chi connectivity index (χ2n) is 4.64. The molecule has 0 bridgehead atoms. The molecule has 7 heteroatoms. The molecule has 0 amide bonds. The highest BCUT2D eigenvalue weighted by atomic mass is 31.1. The Kier molecular flexibility index (Phi) is 5.85. The van der Waals surface area contributed by atoms with E-state index in [4.69, 9.17) is 18.5 Å². The van der Waals surface area contributed by atoms with Crippen molar-refractivity contribution >= 4 is 25.7 Å². The van der Waals surface area contributed by atoms with E-state index in [2.05, 4.69) is 0 Å². The maximum absolute atomic E-state index is 5.11. The van der Waals surface area contributed by atoms with E-state index in [0.29, 0.717) is 0 Å². The lowest BCUT2D eigenvalue weighted by atomic mass is 11.8. The van der Waals surface area contributed by atoms with E-state index in [9.17, 15) is 0 Å². The first-order chi connectivity index (χ1) is 5.71. The molecule has 0 fully saturated rings. The van der Waals surface area contributed by atoms with Gasteiger partial charge in [0.25, 0.3) is 0 Å². The highest BCUT2D eigenvalue weighted by Gasteiger charge is 2.18. The van der Waals surface area contributed by atoms with E-state index in [1.807, 2.05) is 39.3 Å². The van der Waals surface area contributed by atoms with E-state index in [0.717, 1.165) is 0 Å². The summed E-state index contributed by atoms with van der Waals surface area (Å²) in [6, 6.07) is 0. The van der Waals surface area contributed by atoms with Crippen LogP contribution in [0.5, 0.6) is 0 Å². The topological polar surface area (TPSA) is 36.9 Å². The van der Waals surface area contributed by atoms with Gasteiger partial charge < -0.3 is 0 Å². The summed E-state index contributed by atoms with van der Waals surface area (Å²) in [5.41, 5.74) is 0. The second-order valence-corrected chi connectivity index (χ2v) is 13.9. The number of hydrogen-bond donors (Lipinski definition) is 0. The Balaban J connectivity index is 3.28. The van der Waals surface area contributed by atoms with Crippen LogP contribution in [0.4, 0.5) is 0 Å². The monoisotopic (exact) mass is 242 g/mol. The Morgan fingerprint density at radius 3 is 1.23 bits per heavy atom. The van der Waals surface area contributed by atoms with Crippen molar-refractivity contribution in [1.29, 1.82) is 0 Å². The summed E-state index contributed by atoms with van der Waals surface area (Å²) in [7, 11) is -3.38. The molecule has 0 aromatic carbocycles. The minimum atomic E-state index is -1.59. The van der Waals surface area contributed by atoms with Gasteiger partial charge >= 0.3 is 0 Å². The zero-order chi connectivity index (χ0) is 10.5. The molecule has 0 N–H and O–H groups in total. The van der Waals surface area contributed by atoms with Gasteiger partial charge in [0.1, 0.15) is 0 Å². The van der Waals surface area contributed by atoms with Crippen LogP contribution < -0.4 is 0 Å². The van der Waals surface area contributed by atoms with E-state index in [1.165, 1.54) is 0 Å². The molecule has 0 aliphatic rings. The first-order valence-electron chi connectivity index (χ1n) is 4.15. The summed E-state index contributed by atoms with van der Waals surface area (Å²) in [5.74, 6) is 0. The van der Waals surface area contributed by atoms with Crippen molar-refractivity contribution in [3.63, 3.8) is 0 Å². The van der Waals surface area contributed by atoms with Crippen LogP contribution in [0.2, 0.25) is 39.3 Å². The van der Waals surface area contributed by atoms with Crippen LogP contribution in [0.3, 0.4) is 0 Å². The molecule has 0 saturated carbocycles. The van der Waals surface area contributed by atoms with Gasteiger partial charge in [-0.2, -0.15) is 9.35 Å². The zero-order valence-corrected chi connectivity index (χ0v) is 12.1. The van der Waals surface area contributed by atoms with Crippen LogP contribution in [-0.4, -0.2) is 16.6 Å². The largest absolute Gasteiger partial charge is 0.282 e. The SMILES string of the molecule is C[Si](C)(C)OOPOO[Si](C)(C)C. The molecule has 0 rings (SSSR count). The van der Waals surface area contributed by atoms with Crippen molar-refractivity contribution in [2.45, 2.75) is 39.3 Å². The summed E-state index contributed by atoms with van der Waals surface area (Å²) < 4.78 is 19.9. The Bertz CT molecular complexity index is 127. The van der Waals surface area contributed by atoms with Gasteiger partial charge in [0.2, 0.25) is 25.7 Å². The van der Waals surface area contributed by atoms with Gasteiger partial charge in [0.05, 0.1) is 0 Å². The molecule has 0 saturated heterocycles. The van der Waals surface area contributed by atoms with Gasteiger partial charge in [0.15, 0.2) is 0 Å². The first-order valence-corrected chi connectivity index (χ1v) is 11.8. The Labute approximate surface area is 84.0 Å². The fourth-order valence-corrected chi connectivity index (χ4v) is 2.60. The lowest BCUT2D eigenvalue weighted by Gasteiger charge is -2.17. The number of rotatable bonds is 6. The predicted octanol–water partition coefficient (Wildman–Crippen LogP) is 3.06. The minimum Gasteiger partial charge on any atom is -0.282 e. The van der Waals surface area contributed by atoms with Crippen molar-refractivity contribution in [2.75, 3.05) is 0 Å². The van der Waals surface area contributed by atoms with Crippen LogP contribution in [0.1, 0.15) is 0 Å².